The van der Waals surface area contributed by atoms with Gasteiger partial charge in [0.05, 0.1) is 11.6 Å². The number of carbonyl (C=O) groups excluding carboxylic acids is 1. The molecule has 0 spiro atoms. The lowest BCUT2D eigenvalue weighted by atomic mass is 10.2. The fourth-order valence-corrected chi connectivity index (χ4v) is 3.54. The molecule has 1 fully saturated rings. The van der Waals surface area contributed by atoms with Crippen LogP contribution in [0, 0.1) is 6.92 Å². The second-order valence-electron chi connectivity index (χ2n) is 7.09. The molecular formula is C20H24N6O2. The molecule has 1 amide bonds. The van der Waals surface area contributed by atoms with Gasteiger partial charge < -0.3 is 14.5 Å². The van der Waals surface area contributed by atoms with Crippen LogP contribution in [-0.4, -0.2) is 62.8 Å². The van der Waals surface area contributed by atoms with Crippen LogP contribution in [-0.2, 0) is 11.8 Å². The van der Waals surface area contributed by atoms with Crippen molar-refractivity contribution in [3.8, 4) is 5.75 Å². The number of hydrogen-bond acceptors (Lipinski definition) is 6. The van der Waals surface area contributed by atoms with Crippen LogP contribution in [0.2, 0.25) is 0 Å². The van der Waals surface area contributed by atoms with Gasteiger partial charge in [0.25, 0.3) is 5.91 Å². The van der Waals surface area contributed by atoms with E-state index in [4.69, 9.17) is 4.74 Å². The largest absolute Gasteiger partial charge is 0.481 e. The molecule has 3 heterocycles. The molecule has 1 aliphatic rings. The minimum atomic E-state index is -0.516. The van der Waals surface area contributed by atoms with Crippen molar-refractivity contribution in [1.29, 1.82) is 0 Å². The first-order valence-corrected chi connectivity index (χ1v) is 9.42. The number of benzene rings is 1. The SMILES string of the molecule is Cc1cccc(OC(C)C(=O)N2CCN(c3ncnc4c3cnn4C)CC2)c1. The van der Waals surface area contributed by atoms with Gasteiger partial charge in [-0.2, -0.15) is 5.10 Å². The third-order valence-electron chi connectivity index (χ3n) is 5.05. The normalized spacial score (nSPS) is 15.7. The summed E-state index contributed by atoms with van der Waals surface area (Å²) in [5.41, 5.74) is 1.92. The van der Waals surface area contributed by atoms with E-state index in [1.165, 1.54) is 0 Å². The van der Waals surface area contributed by atoms with Gasteiger partial charge >= 0.3 is 0 Å². The highest BCUT2D eigenvalue weighted by atomic mass is 16.5. The van der Waals surface area contributed by atoms with Crippen LogP contribution < -0.4 is 9.64 Å². The monoisotopic (exact) mass is 380 g/mol. The van der Waals surface area contributed by atoms with Gasteiger partial charge in [0.1, 0.15) is 17.9 Å². The fourth-order valence-electron chi connectivity index (χ4n) is 3.54. The average Bonchev–Trinajstić information content (AvgIpc) is 3.09. The van der Waals surface area contributed by atoms with Crippen LogP contribution in [0.5, 0.6) is 5.75 Å². The number of amides is 1. The highest BCUT2D eigenvalue weighted by Crippen LogP contribution is 2.23. The number of aryl methyl sites for hydroxylation is 2. The standard InChI is InChI=1S/C20H24N6O2/c1-14-5-4-6-16(11-14)28-15(2)20(27)26-9-7-25(8-10-26)19-17-12-23-24(3)18(17)21-13-22-19/h4-6,11-13,15H,7-10H2,1-3H3. The fraction of sp³-hybridized carbons (Fsp3) is 0.400. The second-order valence-corrected chi connectivity index (χ2v) is 7.09. The van der Waals surface area contributed by atoms with Crippen molar-refractivity contribution in [2.75, 3.05) is 31.1 Å². The average molecular weight is 380 g/mol. The van der Waals surface area contributed by atoms with Gasteiger partial charge in [0.2, 0.25) is 0 Å². The van der Waals surface area contributed by atoms with Crippen molar-refractivity contribution in [2.45, 2.75) is 20.0 Å². The van der Waals surface area contributed by atoms with Gasteiger partial charge in [-0.05, 0) is 31.5 Å². The maximum absolute atomic E-state index is 12.8. The number of fused-ring (bicyclic) bond motifs is 1. The molecule has 0 radical (unpaired) electrons. The van der Waals surface area contributed by atoms with Crippen molar-refractivity contribution in [1.82, 2.24) is 24.6 Å². The van der Waals surface area contributed by atoms with E-state index in [1.807, 2.05) is 43.1 Å². The summed E-state index contributed by atoms with van der Waals surface area (Å²) in [5.74, 6) is 1.60. The van der Waals surface area contributed by atoms with E-state index in [2.05, 4.69) is 20.0 Å². The Hall–Kier alpha value is -3.16. The van der Waals surface area contributed by atoms with Crippen molar-refractivity contribution in [2.24, 2.45) is 7.05 Å². The third-order valence-corrected chi connectivity index (χ3v) is 5.05. The first-order chi connectivity index (χ1) is 13.5. The lowest BCUT2D eigenvalue weighted by Crippen LogP contribution is -2.52. The second kappa shape index (κ2) is 7.46. The number of carbonyl (C=O) groups is 1. The van der Waals surface area contributed by atoms with E-state index in [0.717, 1.165) is 28.2 Å². The summed E-state index contributed by atoms with van der Waals surface area (Å²) >= 11 is 0. The van der Waals surface area contributed by atoms with E-state index in [-0.39, 0.29) is 5.91 Å². The highest BCUT2D eigenvalue weighted by molar-refractivity contribution is 5.87. The first-order valence-electron chi connectivity index (χ1n) is 9.42. The van der Waals surface area contributed by atoms with E-state index in [9.17, 15) is 4.79 Å². The Labute approximate surface area is 163 Å². The van der Waals surface area contributed by atoms with Gasteiger partial charge in [-0.1, -0.05) is 12.1 Å². The van der Waals surface area contributed by atoms with Gasteiger partial charge in [-0.15, -0.1) is 0 Å². The van der Waals surface area contributed by atoms with E-state index in [1.54, 1.807) is 24.1 Å². The Morgan fingerprint density at radius 3 is 2.71 bits per heavy atom. The molecule has 4 rings (SSSR count). The maximum atomic E-state index is 12.8. The topological polar surface area (TPSA) is 76.4 Å². The zero-order valence-corrected chi connectivity index (χ0v) is 16.4. The lowest BCUT2D eigenvalue weighted by molar-refractivity contribution is -0.138. The van der Waals surface area contributed by atoms with Crippen LogP contribution in [0.15, 0.2) is 36.8 Å². The zero-order valence-electron chi connectivity index (χ0n) is 16.4. The first kappa shape index (κ1) is 18.2. The molecule has 8 nitrogen and oxygen atoms in total. The number of rotatable bonds is 4. The predicted octanol–water partition coefficient (Wildman–Crippen LogP) is 1.79. The molecule has 28 heavy (non-hydrogen) atoms. The Morgan fingerprint density at radius 1 is 1.18 bits per heavy atom. The predicted molar refractivity (Wildman–Crippen MR) is 106 cm³/mol. The van der Waals surface area contributed by atoms with Crippen LogP contribution in [0.3, 0.4) is 0 Å². The molecule has 0 saturated carbocycles. The maximum Gasteiger partial charge on any atom is 0.263 e. The Morgan fingerprint density at radius 2 is 1.96 bits per heavy atom. The third kappa shape index (κ3) is 3.49. The van der Waals surface area contributed by atoms with Gasteiger partial charge in [-0.3, -0.25) is 9.48 Å². The molecule has 0 bridgehead atoms. The van der Waals surface area contributed by atoms with Crippen molar-refractivity contribution >= 4 is 22.8 Å². The number of nitrogens with zero attached hydrogens (tertiary/aromatic N) is 6. The zero-order chi connectivity index (χ0) is 19.7. The van der Waals surface area contributed by atoms with Gasteiger partial charge in [0, 0.05) is 33.2 Å². The summed E-state index contributed by atoms with van der Waals surface area (Å²) in [4.78, 5) is 25.6. The molecule has 3 aromatic rings. The van der Waals surface area contributed by atoms with E-state index in [0.29, 0.717) is 26.2 Å². The number of ether oxygens (including phenoxy) is 1. The van der Waals surface area contributed by atoms with Crippen LogP contribution in [0.1, 0.15) is 12.5 Å². The molecule has 1 saturated heterocycles. The molecule has 1 aromatic carbocycles. The molecule has 146 valence electrons. The Bertz CT molecular complexity index is 993. The van der Waals surface area contributed by atoms with Crippen LogP contribution in [0.4, 0.5) is 5.82 Å². The summed E-state index contributed by atoms with van der Waals surface area (Å²) in [6.45, 7) is 6.50. The molecule has 1 aliphatic heterocycles. The molecule has 1 unspecified atom stereocenters. The summed E-state index contributed by atoms with van der Waals surface area (Å²) in [6.07, 6.45) is 2.84. The van der Waals surface area contributed by atoms with Gasteiger partial charge in [0.15, 0.2) is 11.8 Å². The Kier molecular flexibility index (Phi) is 4.85. The van der Waals surface area contributed by atoms with Crippen molar-refractivity contribution < 1.29 is 9.53 Å². The number of anilines is 1. The smallest absolute Gasteiger partial charge is 0.263 e. The van der Waals surface area contributed by atoms with Crippen LogP contribution >= 0.6 is 0 Å². The summed E-state index contributed by atoms with van der Waals surface area (Å²) in [6, 6.07) is 7.76. The number of aromatic nitrogens is 4. The van der Waals surface area contributed by atoms with Crippen molar-refractivity contribution in [3.63, 3.8) is 0 Å². The van der Waals surface area contributed by atoms with Gasteiger partial charge in [-0.25, -0.2) is 9.97 Å². The molecule has 0 aliphatic carbocycles. The van der Waals surface area contributed by atoms with Crippen molar-refractivity contribution in [3.05, 3.63) is 42.4 Å². The van der Waals surface area contributed by atoms with E-state index >= 15 is 0 Å². The highest BCUT2D eigenvalue weighted by Gasteiger charge is 2.27. The summed E-state index contributed by atoms with van der Waals surface area (Å²) in [5, 5.41) is 5.20. The molecule has 2 aromatic heterocycles. The number of piperazine rings is 1. The van der Waals surface area contributed by atoms with E-state index < -0.39 is 6.10 Å². The Balaban J connectivity index is 1.40. The molecule has 8 heteroatoms. The summed E-state index contributed by atoms with van der Waals surface area (Å²) < 4.78 is 7.59. The minimum Gasteiger partial charge on any atom is -0.481 e. The van der Waals surface area contributed by atoms with Crippen LogP contribution in [0.25, 0.3) is 11.0 Å². The summed E-state index contributed by atoms with van der Waals surface area (Å²) in [7, 11) is 1.87. The minimum absolute atomic E-state index is 0.00960. The number of hydrogen-bond donors (Lipinski definition) is 0. The lowest BCUT2D eigenvalue weighted by Gasteiger charge is -2.36. The molecular weight excluding hydrogens is 356 g/mol. The quantitative estimate of drug-likeness (QED) is 0.687. The molecule has 1 atom stereocenters. The molecule has 0 N–H and O–H groups in total.